The van der Waals surface area contributed by atoms with Crippen molar-refractivity contribution in [2.24, 2.45) is 16.7 Å². The molecule has 1 saturated heterocycles. The van der Waals surface area contributed by atoms with Crippen molar-refractivity contribution in [3.8, 4) is 0 Å². The molecule has 3 aliphatic carbocycles. The molecule has 0 radical (unpaired) electrons. The van der Waals surface area contributed by atoms with Crippen LogP contribution in [0.15, 0.2) is 94.9 Å². The minimum atomic E-state index is -1.30. The van der Waals surface area contributed by atoms with Gasteiger partial charge in [0.25, 0.3) is 0 Å². The van der Waals surface area contributed by atoms with Crippen molar-refractivity contribution in [3.05, 3.63) is 106 Å². The van der Waals surface area contributed by atoms with Crippen molar-refractivity contribution in [1.29, 1.82) is 0 Å². The van der Waals surface area contributed by atoms with Crippen molar-refractivity contribution >= 4 is 23.5 Å². The van der Waals surface area contributed by atoms with E-state index in [1.165, 1.54) is 14.0 Å². The first kappa shape index (κ1) is 31.5. The maximum Gasteiger partial charge on any atom is 0.340 e. The van der Waals surface area contributed by atoms with E-state index < -0.39 is 52.4 Å². The number of ketones is 2. The number of benzene rings is 2. The van der Waals surface area contributed by atoms with E-state index in [0.717, 1.165) is 11.1 Å². The number of aliphatic hydroxyl groups excluding tert-OH is 1. The largest absolute Gasteiger partial charge is 0.504 e. The smallest absolute Gasteiger partial charge is 0.340 e. The molecule has 9 heteroatoms. The van der Waals surface area contributed by atoms with Crippen LogP contribution in [0.4, 0.5) is 0 Å². The monoisotopic (exact) mass is 625 g/mol. The zero-order valence-electron chi connectivity index (χ0n) is 26.6. The number of rotatable bonds is 8. The quantitative estimate of drug-likeness (QED) is 0.313. The van der Waals surface area contributed by atoms with Gasteiger partial charge in [-0.2, -0.15) is 0 Å². The van der Waals surface area contributed by atoms with Crippen molar-refractivity contribution in [2.75, 3.05) is 13.7 Å². The second-order valence-electron chi connectivity index (χ2n) is 13.1. The number of cyclic esters (lactones) is 1. The molecule has 4 aliphatic rings. The molecule has 2 fully saturated rings. The summed E-state index contributed by atoms with van der Waals surface area (Å²) < 4.78 is 17.5. The highest BCUT2D eigenvalue weighted by atomic mass is 16.6. The summed E-state index contributed by atoms with van der Waals surface area (Å²) in [6, 6.07) is 19.5. The molecule has 1 N–H and O–H groups in total. The molecule has 46 heavy (non-hydrogen) atoms. The first-order valence-electron chi connectivity index (χ1n) is 15.7. The highest BCUT2D eigenvalue weighted by Crippen LogP contribution is 2.62. The zero-order valence-corrected chi connectivity index (χ0v) is 26.6. The Morgan fingerprint density at radius 1 is 1.02 bits per heavy atom. The van der Waals surface area contributed by atoms with E-state index in [2.05, 4.69) is 0 Å². The summed E-state index contributed by atoms with van der Waals surface area (Å²) in [6.45, 7) is 5.72. The van der Waals surface area contributed by atoms with Crippen molar-refractivity contribution < 1.29 is 38.5 Å². The number of carbonyl (C=O) groups is 4. The first-order valence-corrected chi connectivity index (χ1v) is 15.7. The Morgan fingerprint density at radius 3 is 2.20 bits per heavy atom. The number of nitrogens with zero attached hydrogens (tertiary/aromatic N) is 1. The lowest BCUT2D eigenvalue weighted by molar-refractivity contribution is -0.160. The van der Waals surface area contributed by atoms with Gasteiger partial charge < -0.3 is 24.2 Å². The average molecular weight is 626 g/mol. The number of hydrogen-bond acceptors (Lipinski definition) is 9. The molecule has 2 aromatic carbocycles. The lowest BCUT2D eigenvalue weighted by Gasteiger charge is -2.53. The average Bonchev–Trinajstić information content (AvgIpc) is 3.32. The van der Waals surface area contributed by atoms with Gasteiger partial charge in [-0.05, 0) is 30.0 Å². The Balaban J connectivity index is 1.54. The number of carbonyl (C=O) groups excluding carboxylic acids is 4. The molecule has 0 aromatic heterocycles. The van der Waals surface area contributed by atoms with Gasteiger partial charge in [-0.1, -0.05) is 67.6 Å². The fourth-order valence-corrected chi connectivity index (χ4v) is 8.05. The molecule has 0 bridgehead atoms. The van der Waals surface area contributed by atoms with E-state index in [1.807, 2.05) is 72.5 Å². The van der Waals surface area contributed by atoms with Gasteiger partial charge in [0.2, 0.25) is 5.78 Å². The van der Waals surface area contributed by atoms with Crippen molar-refractivity contribution in [1.82, 2.24) is 4.90 Å². The minimum Gasteiger partial charge on any atom is -0.504 e. The summed E-state index contributed by atoms with van der Waals surface area (Å²) in [5.41, 5.74) is 0.647. The Bertz CT molecular complexity index is 1630. The fourth-order valence-electron chi connectivity index (χ4n) is 8.05. The van der Waals surface area contributed by atoms with E-state index in [9.17, 15) is 24.3 Å². The minimum absolute atomic E-state index is 0.00464. The van der Waals surface area contributed by atoms with Crippen LogP contribution in [0.3, 0.4) is 0 Å². The summed E-state index contributed by atoms with van der Waals surface area (Å²) in [6.07, 6.45) is 0.656. The number of hydrogen-bond donors (Lipinski definition) is 1. The van der Waals surface area contributed by atoms with Crippen LogP contribution in [-0.4, -0.2) is 59.4 Å². The third-order valence-electron chi connectivity index (χ3n) is 10.2. The van der Waals surface area contributed by atoms with Crippen LogP contribution in [-0.2, 0) is 46.5 Å². The lowest BCUT2D eigenvalue weighted by atomic mass is 9.53. The predicted molar refractivity (Wildman–Crippen MR) is 168 cm³/mol. The number of allylic oxidation sites excluding steroid dienone is 1. The zero-order chi connectivity index (χ0) is 32.8. The second-order valence-corrected chi connectivity index (χ2v) is 13.1. The van der Waals surface area contributed by atoms with E-state index >= 15 is 0 Å². The van der Waals surface area contributed by atoms with Crippen LogP contribution in [0.5, 0.6) is 0 Å². The summed E-state index contributed by atoms with van der Waals surface area (Å²) >= 11 is 0. The third kappa shape index (κ3) is 5.16. The molecule has 6 rings (SSSR count). The Hall–Kier alpha value is -4.50. The standard InChI is InChI=1S/C37H39NO8/c1-22(39)45-27-17-36(2)26(15-16-28(36)40)30-32(27)37(3)29(21-44-4)46-35(43)25(31(37)34(42)33(30)41)20-38(18-23-11-7-5-8-12-23)19-24-13-9-6-10-14-24/h5-14,20,26-27,29,42H,15-19,21H2,1-4H3/b25-20-/t26-,27+,29+,36-,37-/m0/s1. The van der Waals surface area contributed by atoms with Gasteiger partial charge in [-0.15, -0.1) is 0 Å². The van der Waals surface area contributed by atoms with E-state index in [-0.39, 0.29) is 42.0 Å². The molecular weight excluding hydrogens is 586 g/mol. The Kier molecular flexibility index (Phi) is 8.23. The number of Topliss-reactive ketones (excluding diaryl/α,β-unsaturated/α-hetero) is 2. The van der Waals surface area contributed by atoms with Gasteiger partial charge >= 0.3 is 11.9 Å². The lowest BCUT2D eigenvalue weighted by Crippen LogP contribution is -2.57. The topological polar surface area (TPSA) is 119 Å². The normalized spacial score (nSPS) is 29.7. The van der Waals surface area contributed by atoms with Gasteiger partial charge in [-0.25, -0.2) is 4.79 Å². The summed E-state index contributed by atoms with van der Waals surface area (Å²) in [7, 11) is 1.48. The molecule has 240 valence electrons. The predicted octanol–water partition coefficient (Wildman–Crippen LogP) is 5.16. The van der Waals surface area contributed by atoms with Crippen LogP contribution in [0.1, 0.15) is 51.2 Å². The maximum atomic E-state index is 14.3. The summed E-state index contributed by atoms with van der Waals surface area (Å²) in [4.78, 5) is 55.9. The third-order valence-corrected chi connectivity index (χ3v) is 10.2. The van der Waals surface area contributed by atoms with E-state index in [1.54, 1.807) is 13.1 Å². The molecule has 9 nitrogen and oxygen atoms in total. The summed E-state index contributed by atoms with van der Waals surface area (Å²) in [5.74, 6) is -2.96. The van der Waals surface area contributed by atoms with Crippen LogP contribution >= 0.6 is 0 Å². The molecule has 0 amide bonds. The van der Waals surface area contributed by atoms with Crippen molar-refractivity contribution in [2.45, 2.75) is 65.3 Å². The number of aliphatic hydroxyl groups is 1. The van der Waals surface area contributed by atoms with E-state index in [4.69, 9.17) is 14.2 Å². The highest BCUT2D eigenvalue weighted by Gasteiger charge is 2.64. The number of methoxy groups -OCH3 is 1. The maximum absolute atomic E-state index is 14.3. The summed E-state index contributed by atoms with van der Waals surface area (Å²) in [5, 5.41) is 11.9. The second kappa shape index (κ2) is 12.0. The van der Waals surface area contributed by atoms with Crippen LogP contribution in [0.2, 0.25) is 0 Å². The van der Waals surface area contributed by atoms with Crippen molar-refractivity contribution in [3.63, 3.8) is 0 Å². The Morgan fingerprint density at radius 2 is 1.63 bits per heavy atom. The van der Waals surface area contributed by atoms with Gasteiger partial charge in [0.15, 0.2) is 5.76 Å². The molecular formula is C37H39NO8. The Labute approximate surface area is 268 Å². The molecule has 2 aromatic rings. The van der Waals surface area contributed by atoms with Gasteiger partial charge in [0.05, 0.1) is 17.6 Å². The number of esters is 2. The molecule has 5 atom stereocenters. The van der Waals surface area contributed by atoms with Crippen LogP contribution in [0.25, 0.3) is 0 Å². The molecule has 1 heterocycles. The van der Waals surface area contributed by atoms with E-state index in [0.29, 0.717) is 25.1 Å². The number of fused-ring (bicyclic) bond motifs is 4. The highest BCUT2D eigenvalue weighted by molar-refractivity contribution is 6.14. The molecule has 1 saturated carbocycles. The molecule has 0 unspecified atom stereocenters. The van der Waals surface area contributed by atoms with Crippen LogP contribution in [0, 0.1) is 16.7 Å². The molecule has 1 aliphatic heterocycles. The first-order chi connectivity index (χ1) is 22.0. The molecule has 0 spiro atoms. The van der Waals surface area contributed by atoms with Gasteiger partial charge in [0.1, 0.15) is 18.0 Å². The van der Waals surface area contributed by atoms with Gasteiger partial charge in [-0.3, -0.25) is 14.4 Å². The van der Waals surface area contributed by atoms with Gasteiger partial charge in [0, 0.05) is 68.6 Å². The number of ether oxygens (including phenoxy) is 3. The fraction of sp³-hybridized carbons (Fsp3) is 0.405. The van der Waals surface area contributed by atoms with Crippen LogP contribution < -0.4 is 0 Å². The SMILES string of the molecule is COC[C@H]1OC(=O)/C(=C\N(Cc2ccccc2)Cc2ccccc2)C2=C(O)C(=O)C3=C([C@H](OC(C)=O)C[C@]4(C)C(=O)CC[C@@H]34)[C@]21C.